The van der Waals surface area contributed by atoms with Crippen LogP contribution in [0.2, 0.25) is 0 Å². The average molecular weight is 304 g/mol. The standard InChI is InChI=1S/C15H32N2O2S/c1-13(2)9-11-17(15-7-5-6-8-15)20(18,19)12-10-16-14(3)4/h13-16H,5-12H2,1-4H3. The Morgan fingerprint density at radius 1 is 1.15 bits per heavy atom. The minimum Gasteiger partial charge on any atom is -0.313 e. The summed E-state index contributed by atoms with van der Waals surface area (Å²) in [4.78, 5) is 0. The molecule has 0 saturated heterocycles. The summed E-state index contributed by atoms with van der Waals surface area (Å²) >= 11 is 0. The molecule has 1 rings (SSSR count). The number of nitrogens with zero attached hydrogens (tertiary/aromatic N) is 1. The van der Waals surface area contributed by atoms with Gasteiger partial charge in [0.2, 0.25) is 10.0 Å². The minimum atomic E-state index is -3.13. The molecule has 0 unspecified atom stereocenters. The van der Waals surface area contributed by atoms with Crippen LogP contribution in [0.3, 0.4) is 0 Å². The molecular weight excluding hydrogens is 272 g/mol. The van der Waals surface area contributed by atoms with Gasteiger partial charge in [-0.25, -0.2) is 8.42 Å². The Morgan fingerprint density at radius 3 is 2.25 bits per heavy atom. The van der Waals surface area contributed by atoms with E-state index >= 15 is 0 Å². The van der Waals surface area contributed by atoms with Crippen molar-refractivity contribution in [2.75, 3.05) is 18.8 Å². The molecule has 0 amide bonds. The third-order valence-electron chi connectivity index (χ3n) is 3.93. The largest absolute Gasteiger partial charge is 0.313 e. The maximum atomic E-state index is 12.6. The summed E-state index contributed by atoms with van der Waals surface area (Å²) < 4.78 is 27.0. The first-order valence-electron chi connectivity index (χ1n) is 8.06. The normalized spacial score (nSPS) is 17.8. The number of hydrogen-bond acceptors (Lipinski definition) is 3. The first kappa shape index (κ1) is 17.9. The van der Waals surface area contributed by atoms with Gasteiger partial charge in [0.05, 0.1) is 5.75 Å². The summed E-state index contributed by atoms with van der Waals surface area (Å²) in [5.41, 5.74) is 0. The predicted octanol–water partition coefficient (Wildman–Crippen LogP) is 2.60. The molecule has 20 heavy (non-hydrogen) atoms. The Hall–Kier alpha value is -0.130. The molecule has 4 nitrogen and oxygen atoms in total. The zero-order valence-electron chi connectivity index (χ0n) is 13.6. The maximum absolute atomic E-state index is 12.6. The van der Waals surface area contributed by atoms with Crippen LogP contribution >= 0.6 is 0 Å². The molecule has 0 heterocycles. The third-order valence-corrected chi connectivity index (χ3v) is 5.84. The fourth-order valence-corrected chi connectivity index (χ4v) is 4.38. The van der Waals surface area contributed by atoms with Crippen molar-refractivity contribution in [1.82, 2.24) is 9.62 Å². The Morgan fingerprint density at radius 2 is 1.75 bits per heavy atom. The molecule has 0 bridgehead atoms. The van der Waals surface area contributed by atoms with Crippen LogP contribution in [0, 0.1) is 5.92 Å². The fourth-order valence-electron chi connectivity index (χ4n) is 2.72. The number of nitrogens with one attached hydrogen (secondary N) is 1. The topological polar surface area (TPSA) is 49.4 Å². The van der Waals surface area contributed by atoms with Crippen LogP contribution in [0.1, 0.15) is 59.8 Å². The Kier molecular flexibility index (Phi) is 7.48. The summed E-state index contributed by atoms with van der Waals surface area (Å²) in [5.74, 6) is 0.766. The molecule has 1 fully saturated rings. The highest BCUT2D eigenvalue weighted by molar-refractivity contribution is 7.89. The summed E-state index contributed by atoms with van der Waals surface area (Å²) in [7, 11) is -3.13. The van der Waals surface area contributed by atoms with Crippen molar-refractivity contribution in [3.8, 4) is 0 Å². The van der Waals surface area contributed by atoms with Crippen LogP contribution < -0.4 is 5.32 Å². The van der Waals surface area contributed by atoms with Gasteiger partial charge in [-0.3, -0.25) is 0 Å². The molecule has 0 spiro atoms. The molecule has 0 aromatic carbocycles. The van der Waals surface area contributed by atoms with Gasteiger partial charge in [0, 0.05) is 25.2 Å². The van der Waals surface area contributed by atoms with Gasteiger partial charge in [-0.1, -0.05) is 40.5 Å². The Labute approximate surface area is 125 Å². The highest BCUT2D eigenvalue weighted by Gasteiger charge is 2.31. The zero-order chi connectivity index (χ0) is 15.2. The van der Waals surface area contributed by atoms with E-state index in [0.29, 0.717) is 25.0 Å². The van der Waals surface area contributed by atoms with Crippen LogP contribution in [0.25, 0.3) is 0 Å². The van der Waals surface area contributed by atoms with Crippen molar-refractivity contribution >= 4 is 10.0 Å². The monoisotopic (exact) mass is 304 g/mol. The van der Waals surface area contributed by atoms with Gasteiger partial charge in [0.25, 0.3) is 0 Å². The molecule has 1 aliphatic carbocycles. The molecule has 1 N–H and O–H groups in total. The average Bonchev–Trinajstić information content (AvgIpc) is 2.81. The number of hydrogen-bond donors (Lipinski definition) is 1. The quantitative estimate of drug-likeness (QED) is 0.712. The summed E-state index contributed by atoms with van der Waals surface area (Å²) in [6, 6.07) is 0.582. The van der Waals surface area contributed by atoms with Gasteiger partial charge < -0.3 is 5.32 Å². The first-order valence-corrected chi connectivity index (χ1v) is 9.66. The van der Waals surface area contributed by atoms with Gasteiger partial charge in [-0.2, -0.15) is 4.31 Å². The molecule has 1 aliphatic rings. The smallest absolute Gasteiger partial charge is 0.215 e. The highest BCUT2D eigenvalue weighted by Crippen LogP contribution is 2.26. The van der Waals surface area contributed by atoms with E-state index in [4.69, 9.17) is 0 Å². The lowest BCUT2D eigenvalue weighted by Crippen LogP contribution is -2.43. The van der Waals surface area contributed by atoms with Crippen LogP contribution in [0.15, 0.2) is 0 Å². The molecule has 0 aliphatic heterocycles. The Balaban J connectivity index is 2.63. The molecule has 5 heteroatoms. The van der Waals surface area contributed by atoms with Gasteiger partial charge in [0.15, 0.2) is 0 Å². The van der Waals surface area contributed by atoms with Crippen molar-refractivity contribution in [3.63, 3.8) is 0 Å². The maximum Gasteiger partial charge on any atom is 0.215 e. The van der Waals surface area contributed by atoms with Crippen molar-refractivity contribution in [2.24, 2.45) is 5.92 Å². The lowest BCUT2D eigenvalue weighted by Gasteiger charge is -2.29. The molecule has 120 valence electrons. The SMILES string of the molecule is CC(C)CCN(C1CCCC1)S(=O)(=O)CCNC(C)C. The van der Waals surface area contributed by atoms with E-state index in [1.54, 1.807) is 0 Å². The van der Waals surface area contributed by atoms with Gasteiger partial charge in [-0.05, 0) is 25.2 Å². The number of sulfonamides is 1. The minimum absolute atomic E-state index is 0.222. The third kappa shape index (κ3) is 6.10. The van der Waals surface area contributed by atoms with Crippen molar-refractivity contribution < 1.29 is 8.42 Å². The second kappa shape index (κ2) is 8.35. The summed E-state index contributed by atoms with van der Waals surface area (Å²) in [5, 5.41) is 3.21. The van der Waals surface area contributed by atoms with Crippen LogP contribution in [0.5, 0.6) is 0 Å². The molecule has 0 radical (unpaired) electrons. The van der Waals surface area contributed by atoms with Crippen LogP contribution in [0.4, 0.5) is 0 Å². The second-order valence-electron chi connectivity index (χ2n) is 6.66. The van der Waals surface area contributed by atoms with E-state index in [1.165, 1.54) is 12.8 Å². The van der Waals surface area contributed by atoms with E-state index in [-0.39, 0.29) is 11.8 Å². The van der Waals surface area contributed by atoms with E-state index in [0.717, 1.165) is 19.3 Å². The van der Waals surface area contributed by atoms with Crippen molar-refractivity contribution in [2.45, 2.75) is 71.9 Å². The first-order chi connectivity index (χ1) is 9.33. The van der Waals surface area contributed by atoms with Crippen LogP contribution in [-0.4, -0.2) is 43.6 Å². The highest BCUT2D eigenvalue weighted by atomic mass is 32.2. The molecule has 0 atom stereocenters. The van der Waals surface area contributed by atoms with E-state index in [9.17, 15) is 8.42 Å². The van der Waals surface area contributed by atoms with Gasteiger partial charge in [0.1, 0.15) is 0 Å². The fraction of sp³-hybridized carbons (Fsp3) is 1.00. The van der Waals surface area contributed by atoms with Gasteiger partial charge >= 0.3 is 0 Å². The Bertz CT molecular complexity index is 360. The molecular formula is C15H32N2O2S. The molecule has 0 aromatic rings. The lowest BCUT2D eigenvalue weighted by molar-refractivity contribution is 0.304. The van der Waals surface area contributed by atoms with Gasteiger partial charge in [-0.15, -0.1) is 0 Å². The van der Waals surface area contributed by atoms with Crippen LogP contribution in [-0.2, 0) is 10.0 Å². The van der Waals surface area contributed by atoms with E-state index in [1.807, 2.05) is 18.2 Å². The zero-order valence-corrected chi connectivity index (χ0v) is 14.4. The molecule has 1 saturated carbocycles. The number of rotatable bonds is 9. The molecule has 0 aromatic heterocycles. The lowest BCUT2D eigenvalue weighted by atomic mass is 10.1. The van der Waals surface area contributed by atoms with E-state index in [2.05, 4.69) is 19.2 Å². The summed E-state index contributed by atoms with van der Waals surface area (Å²) in [6.07, 6.45) is 5.36. The predicted molar refractivity (Wildman–Crippen MR) is 85.3 cm³/mol. The van der Waals surface area contributed by atoms with Crippen molar-refractivity contribution in [3.05, 3.63) is 0 Å². The summed E-state index contributed by atoms with van der Waals surface area (Å²) in [6.45, 7) is 9.62. The van der Waals surface area contributed by atoms with Crippen molar-refractivity contribution in [1.29, 1.82) is 0 Å². The van der Waals surface area contributed by atoms with E-state index < -0.39 is 10.0 Å². The second-order valence-corrected chi connectivity index (χ2v) is 8.70.